The average molecular weight is 292 g/mol. The maximum Gasteiger partial charge on any atom is 0.310 e. The van der Waals surface area contributed by atoms with Crippen molar-refractivity contribution in [2.45, 2.75) is 18.7 Å². The minimum absolute atomic E-state index is 0.0492. The summed E-state index contributed by atoms with van der Waals surface area (Å²) in [5.74, 6) is -1.07. The van der Waals surface area contributed by atoms with E-state index in [1.165, 1.54) is 38.1 Å². The highest BCUT2D eigenvalue weighted by atomic mass is 35.5. The molecule has 0 aliphatic heterocycles. The molecule has 2 N–H and O–H groups in total. The van der Waals surface area contributed by atoms with Crippen LogP contribution in [0, 0.1) is 5.41 Å². The van der Waals surface area contributed by atoms with Crippen LogP contribution in [-0.4, -0.2) is 26.0 Å². The van der Waals surface area contributed by atoms with Crippen LogP contribution < -0.4 is 4.72 Å². The first kappa shape index (κ1) is 14.9. The van der Waals surface area contributed by atoms with Crippen molar-refractivity contribution in [3.8, 4) is 0 Å². The number of hydrogen-bond acceptors (Lipinski definition) is 3. The van der Waals surface area contributed by atoms with Crippen molar-refractivity contribution in [1.29, 1.82) is 0 Å². The molecule has 18 heavy (non-hydrogen) atoms. The number of halogens is 1. The second-order valence-corrected chi connectivity index (χ2v) is 6.67. The van der Waals surface area contributed by atoms with Gasteiger partial charge in [-0.15, -0.1) is 0 Å². The quantitative estimate of drug-likeness (QED) is 0.865. The number of carboxylic acid groups (broad SMARTS) is 1. The second-order valence-electron chi connectivity index (χ2n) is 4.47. The van der Waals surface area contributed by atoms with Gasteiger partial charge in [-0.05, 0) is 38.1 Å². The van der Waals surface area contributed by atoms with Crippen LogP contribution in [0.4, 0.5) is 0 Å². The number of rotatable bonds is 5. The van der Waals surface area contributed by atoms with Crippen molar-refractivity contribution in [2.24, 2.45) is 5.41 Å². The number of nitrogens with one attached hydrogen (secondary N) is 1. The van der Waals surface area contributed by atoms with E-state index in [0.717, 1.165) is 0 Å². The standard InChI is InChI=1S/C11H14ClNO4S/c1-11(2,10(14)15)7-13-18(16,17)9-5-3-8(12)4-6-9/h3-6,13H,7H2,1-2H3,(H,14,15). The van der Waals surface area contributed by atoms with Gasteiger partial charge in [0.1, 0.15) is 0 Å². The summed E-state index contributed by atoms with van der Waals surface area (Å²) in [5, 5.41) is 9.32. The summed E-state index contributed by atoms with van der Waals surface area (Å²) in [6.45, 7) is 2.70. The van der Waals surface area contributed by atoms with Gasteiger partial charge < -0.3 is 5.11 Å². The predicted octanol–water partition coefficient (Wildman–Crippen LogP) is 1.73. The molecule has 0 saturated carbocycles. The molecule has 0 fully saturated rings. The lowest BCUT2D eigenvalue weighted by Gasteiger charge is -2.19. The normalized spacial score (nSPS) is 12.4. The summed E-state index contributed by atoms with van der Waals surface area (Å²) in [4.78, 5) is 10.9. The molecule has 7 heteroatoms. The third-order valence-electron chi connectivity index (χ3n) is 2.41. The fraction of sp³-hybridized carbons (Fsp3) is 0.364. The van der Waals surface area contributed by atoms with Crippen molar-refractivity contribution in [3.05, 3.63) is 29.3 Å². The zero-order valence-corrected chi connectivity index (χ0v) is 11.5. The van der Waals surface area contributed by atoms with Gasteiger partial charge in [0.05, 0.1) is 10.3 Å². The SMILES string of the molecule is CC(C)(CNS(=O)(=O)c1ccc(Cl)cc1)C(=O)O. The van der Waals surface area contributed by atoms with Gasteiger partial charge in [0.15, 0.2) is 0 Å². The number of sulfonamides is 1. The summed E-state index contributed by atoms with van der Waals surface area (Å²) in [6.07, 6.45) is 0. The highest BCUT2D eigenvalue weighted by Gasteiger charge is 2.29. The van der Waals surface area contributed by atoms with Crippen molar-refractivity contribution >= 4 is 27.6 Å². The minimum Gasteiger partial charge on any atom is -0.481 e. The lowest BCUT2D eigenvalue weighted by atomic mass is 9.95. The van der Waals surface area contributed by atoms with Crippen LogP contribution in [0.2, 0.25) is 5.02 Å². The van der Waals surface area contributed by atoms with E-state index in [1.807, 2.05) is 0 Å². The van der Waals surface area contributed by atoms with Crippen molar-refractivity contribution in [3.63, 3.8) is 0 Å². The Bertz CT molecular complexity index is 537. The molecule has 1 aromatic rings. The van der Waals surface area contributed by atoms with Gasteiger partial charge in [-0.25, -0.2) is 13.1 Å². The maximum atomic E-state index is 11.9. The molecular weight excluding hydrogens is 278 g/mol. The Hall–Kier alpha value is -1.11. The second kappa shape index (κ2) is 5.26. The number of hydrogen-bond donors (Lipinski definition) is 2. The smallest absolute Gasteiger partial charge is 0.310 e. The number of aliphatic carboxylic acids is 1. The Morgan fingerprint density at radius 1 is 1.33 bits per heavy atom. The van der Waals surface area contributed by atoms with Gasteiger partial charge in [0, 0.05) is 11.6 Å². The number of benzene rings is 1. The number of carbonyl (C=O) groups is 1. The molecule has 0 amide bonds. The first-order valence-corrected chi connectivity index (χ1v) is 7.00. The van der Waals surface area contributed by atoms with Gasteiger partial charge in [0.2, 0.25) is 10.0 Å². The molecule has 0 aromatic heterocycles. The van der Waals surface area contributed by atoms with Gasteiger partial charge in [-0.3, -0.25) is 4.79 Å². The zero-order chi connectivity index (χ0) is 14.0. The van der Waals surface area contributed by atoms with E-state index in [2.05, 4.69) is 4.72 Å². The fourth-order valence-corrected chi connectivity index (χ4v) is 2.39. The molecular formula is C11H14ClNO4S. The van der Waals surface area contributed by atoms with Gasteiger partial charge >= 0.3 is 5.97 Å². The Morgan fingerprint density at radius 2 is 1.83 bits per heavy atom. The topological polar surface area (TPSA) is 83.5 Å². The summed E-state index contributed by atoms with van der Waals surface area (Å²) in [5.41, 5.74) is -1.17. The van der Waals surface area contributed by atoms with Gasteiger partial charge in [-0.2, -0.15) is 0 Å². The molecule has 0 aliphatic rings. The van der Waals surface area contributed by atoms with Crippen LogP contribution in [0.5, 0.6) is 0 Å². The van der Waals surface area contributed by atoms with E-state index in [0.29, 0.717) is 5.02 Å². The third-order valence-corrected chi connectivity index (χ3v) is 4.08. The molecule has 1 aromatic carbocycles. The number of carboxylic acids is 1. The zero-order valence-electron chi connectivity index (χ0n) is 9.97. The molecule has 0 radical (unpaired) electrons. The largest absolute Gasteiger partial charge is 0.481 e. The molecule has 0 unspecified atom stereocenters. The molecule has 5 nitrogen and oxygen atoms in total. The molecule has 0 spiro atoms. The third kappa shape index (κ3) is 3.69. The van der Waals surface area contributed by atoms with Crippen LogP contribution >= 0.6 is 11.6 Å². The van der Waals surface area contributed by atoms with Gasteiger partial charge in [-0.1, -0.05) is 11.6 Å². The highest BCUT2D eigenvalue weighted by Crippen LogP contribution is 2.17. The fourth-order valence-electron chi connectivity index (χ4n) is 1.05. The van der Waals surface area contributed by atoms with Crippen LogP contribution in [-0.2, 0) is 14.8 Å². The summed E-state index contributed by atoms with van der Waals surface area (Å²) in [6, 6.07) is 5.63. The Balaban J connectivity index is 2.84. The Morgan fingerprint density at radius 3 is 2.28 bits per heavy atom. The van der Waals surface area contributed by atoms with E-state index >= 15 is 0 Å². The summed E-state index contributed by atoms with van der Waals surface area (Å²) >= 11 is 5.66. The van der Waals surface area contributed by atoms with Crippen LogP contribution in [0.15, 0.2) is 29.2 Å². The van der Waals surface area contributed by atoms with Gasteiger partial charge in [0.25, 0.3) is 0 Å². The van der Waals surface area contributed by atoms with Crippen molar-refractivity contribution < 1.29 is 18.3 Å². The van der Waals surface area contributed by atoms with E-state index < -0.39 is 21.4 Å². The Labute approximate surface area is 111 Å². The van der Waals surface area contributed by atoms with E-state index in [-0.39, 0.29) is 11.4 Å². The first-order chi connectivity index (χ1) is 8.15. The Kier molecular flexibility index (Phi) is 4.37. The van der Waals surface area contributed by atoms with Crippen LogP contribution in [0.25, 0.3) is 0 Å². The molecule has 0 saturated heterocycles. The van der Waals surface area contributed by atoms with Crippen LogP contribution in [0.1, 0.15) is 13.8 Å². The molecule has 0 atom stereocenters. The monoisotopic (exact) mass is 291 g/mol. The van der Waals surface area contributed by atoms with E-state index in [4.69, 9.17) is 16.7 Å². The van der Waals surface area contributed by atoms with Crippen molar-refractivity contribution in [1.82, 2.24) is 4.72 Å². The van der Waals surface area contributed by atoms with Crippen LogP contribution in [0.3, 0.4) is 0 Å². The lowest BCUT2D eigenvalue weighted by Crippen LogP contribution is -2.38. The van der Waals surface area contributed by atoms with E-state index in [1.54, 1.807) is 0 Å². The summed E-state index contributed by atoms with van der Waals surface area (Å²) in [7, 11) is -3.72. The predicted molar refractivity (Wildman–Crippen MR) is 68.1 cm³/mol. The first-order valence-electron chi connectivity index (χ1n) is 5.14. The van der Waals surface area contributed by atoms with E-state index in [9.17, 15) is 13.2 Å². The molecule has 0 heterocycles. The maximum absolute atomic E-state index is 11.9. The lowest BCUT2D eigenvalue weighted by molar-refractivity contribution is -0.146. The molecule has 100 valence electrons. The summed E-state index contributed by atoms with van der Waals surface area (Å²) < 4.78 is 26.0. The highest BCUT2D eigenvalue weighted by molar-refractivity contribution is 7.89. The molecule has 0 bridgehead atoms. The average Bonchev–Trinajstić information content (AvgIpc) is 2.27. The molecule has 0 aliphatic carbocycles. The minimum atomic E-state index is -3.72. The van der Waals surface area contributed by atoms with Crippen molar-refractivity contribution in [2.75, 3.05) is 6.54 Å². The molecule has 1 rings (SSSR count).